The fourth-order valence-electron chi connectivity index (χ4n) is 2.58. The van der Waals surface area contributed by atoms with Gasteiger partial charge in [-0.25, -0.2) is 4.98 Å². The van der Waals surface area contributed by atoms with Crippen molar-refractivity contribution < 1.29 is 0 Å². The number of nitrogens with one attached hydrogen (secondary N) is 2. The van der Waals surface area contributed by atoms with Crippen molar-refractivity contribution in [2.24, 2.45) is 5.92 Å². The van der Waals surface area contributed by atoms with Crippen LogP contribution in [0.3, 0.4) is 0 Å². The van der Waals surface area contributed by atoms with E-state index in [0.717, 1.165) is 30.5 Å². The van der Waals surface area contributed by atoms with Gasteiger partial charge in [-0.2, -0.15) is 0 Å². The normalized spacial score (nSPS) is 19.9. The van der Waals surface area contributed by atoms with Crippen LogP contribution in [0, 0.1) is 5.92 Å². The molecule has 2 heterocycles. The van der Waals surface area contributed by atoms with E-state index in [-0.39, 0.29) is 0 Å². The highest BCUT2D eigenvalue weighted by atomic mass is 15.2. The first-order valence-electron chi connectivity index (χ1n) is 7.37. The van der Waals surface area contributed by atoms with Crippen LogP contribution in [0.5, 0.6) is 0 Å². The van der Waals surface area contributed by atoms with Gasteiger partial charge in [-0.15, -0.1) is 0 Å². The Morgan fingerprint density at radius 3 is 2.95 bits per heavy atom. The molecule has 0 aromatic carbocycles. The highest BCUT2D eigenvalue weighted by molar-refractivity contribution is 5.51. The Labute approximate surface area is 116 Å². The predicted molar refractivity (Wildman–Crippen MR) is 81.7 cm³/mol. The highest BCUT2D eigenvalue weighted by Crippen LogP contribution is 2.20. The van der Waals surface area contributed by atoms with Gasteiger partial charge < -0.3 is 15.5 Å². The van der Waals surface area contributed by atoms with Crippen molar-refractivity contribution in [2.75, 3.05) is 36.8 Å². The first-order chi connectivity index (χ1) is 9.19. The Morgan fingerprint density at radius 1 is 1.42 bits per heavy atom. The number of hydrogen-bond donors (Lipinski definition) is 2. The Morgan fingerprint density at radius 2 is 2.26 bits per heavy atom. The van der Waals surface area contributed by atoms with Gasteiger partial charge in [0.25, 0.3) is 0 Å². The molecule has 2 N–H and O–H groups in total. The summed E-state index contributed by atoms with van der Waals surface area (Å²) in [5, 5.41) is 6.78. The van der Waals surface area contributed by atoms with E-state index in [2.05, 4.69) is 47.4 Å². The fraction of sp³-hybridized carbons (Fsp3) is 0.667. The summed E-state index contributed by atoms with van der Waals surface area (Å²) in [7, 11) is 0. The van der Waals surface area contributed by atoms with Gasteiger partial charge in [0.05, 0.1) is 0 Å². The molecule has 106 valence electrons. The summed E-state index contributed by atoms with van der Waals surface area (Å²) in [6.45, 7) is 11.1. The van der Waals surface area contributed by atoms with E-state index in [0.29, 0.717) is 6.04 Å². The van der Waals surface area contributed by atoms with Crippen molar-refractivity contribution in [2.45, 2.75) is 33.2 Å². The molecule has 1 fully saturated rings. The molecule has 1 aromatic rings. The first-order valence-corrected chi connectivity index (χ1v) is 7.37. The van der Waals surface area contributed by atoms with Crippen molar-refractivity contribution in [3.8, 4) is 0 Å². The fourth-order valence-corrected chi connectivity index (χ4v) is 2.58. The molecule has 1 aliphatic rings. The molecule has 0 radical (unpaired) electrons. The highest BCUT2D eigenvalue weighted by Gasteiger charge is 2.23. The summed E-state index contributed by atoms with van der Waals surface area (Å²) in [6.07, 6.45) is 3.16. The van der Waals surface area contributed by atoms with Gasteiger partial charge in [0.1, 0.15) is 5.82 Å². The summed E-state index contributed by atoms with van der Waals surface area (Å²) >= 11 is 0. The van der Waals surface area contributed by atoms with Gasteiger partial charge >= 0.3 is 0 Å². The minimum absolute atomic E-state index is 0.672. The number of hydrogen-bond acceptors (Lipinski definition) is 4. The van der Waals surface area contributed by atoms with E-state index >= 15 is 0 Å². The van der Waals surface area contributed by atoms with Crippen molar-refractivity contribution in [1.29, 1.82) is 0 Å². The van der Waals surface area contributed by atoms with Crippen molar-refractivity contribution in [3.05, 3.63) is 18.3 Å². The molecule has 1 aromatic heterocycles. The Hall–Kier alpha value is -1.29. The number of nitrogens with zero attached hydrogens (tertiary/aromatic N) is 2. The third kappa shape index (κ3) is 4.10. The van der Waals surface area contributed by atoms with Gasteiger partial charge in [-0.3, -0.25) is 0 Å². The quantitative estimate of drug-likeness (QED) is 0.827. The number of anilines is 2. The summed E-state index contributed by atoms with van der Waals surface area (Å²) in [5.41, 5.74) is 1.16. The first kappa shape index (κ1) is 14.1. The van der Waals surface area contributed by atoms with Gasteiger partial charge in [-0.1, -0.05) is 0 Å². The maximum Gasteiger partial charge on any atom is 0.127 e. The van der Waals surface area contributed by atoms with Gasteiger partial charge in [-0.05, 0) is 45.7 Å². The second-order valence-corrected chi connectivity index (χ2v) is 5.58. The molecule has 4 nitrogen and oxygen atoms in total. The minimum atomic E-state index is 0.672. The average Bonchev–Trinajstić information content (AvgIpc) is 2.86. The van der Waals surface area contributed by atoms with Crippen LogP contribution >= 0.6 is 0 Å². The second-order valence-electron chi connectivity index (χ2n) is 5.58. The second kappa shape index (κ2) is 6.75. The van der Waals surface area contributed by atoms with Crippen molar-refractivity contribution in [1.82, 2.24) is 9.88 Å². The van der Waals surface area contributed by atoms with Crippen LogP contribution in [0.2, 0.25) is 0 Å². The molecule has 0 bridgehead atoms. The Kier molecular flexibility index (Phi) is 5.02. The number of pyridine rings is 1. The molecule has 0 amide bonds. The van der Waals surface area contributed by atoms with E-state index in [9.17, 15) is 0 Å². The van der Waals surface area contributed by atoms with Crippen molar-refractivity contribution in [3.63, 3.8) is 0 Å². The largest absolute Gasteiger partial charge is 0.385 e. The monoisotopic (exact) mass is 262 g/mol. The van der Waals surface area contributed by atoms with E-state index in [4.69, 9.17) is 0 Å². The molecule has 1 saturated heterocycles. The zero-order valence-corrected chi connectivity index (χ0v) is 12.3. The lowest BCUT2D eigenvalue weighted by molar-refractivity contribution is 0.266. The summed E-state index contributed by atoms with van der Waals surface area (Å²) in [4.78, 5) is 6.84. The summed E-state index contributed by atoms with van der Waals surface area (Å²) in [5.74, 6) is 1.71. The lowest BCUT2D eigenvalue weighted by Gasteiger charge is -2.20. The number of aromatic nitrogens is 1. The van der Waals surface area contributed by atoms with Crippen LogP contribution in [0.1, 0.15) is 27.2 Å². The summed E-state index contributed by atoms with van der Waals surface area (Å²) in [6, 6.07) is 4.79. The van der Waals surface area contributed by atoms with Gasteiger partial charge in [0.15, 0.2) is 0 Å². The molecular formula is C15H26N4. The molecule has 0 spiro atoms. The van der Waals surface area contributed by atoms with Crippen LogP contribution in [0.15, 0.2) is 18.3 Å². The predicted octanol–water partition coefficient (Wildman–Crippen LogP) is 2.66. The lowest BCUT2D eigenvalue weighted by atomic mass is 10.1. The zero-order chi connectivity index (χ0) is 13.7. The molecule has 19 heavy (non-hydrogen) atoms. The van der Waals surface area contributed by atoms with Crippen LogP contribution < -0.4 is 10.6 Å². The maximum absolute atomic E-state index is 4.28. The molecule has 1 unspecified atom stereocenters. The van der Waals surface area contributed by atoms with Crippen molar-refractivity contribution >= 4 is 11.5 Å². The van der Waals surface area contributed by atoms with Crippen LogP contribution in [0.4, 0.5) is 11.5 Å². The molecular weight excluding hydrogens is 236 g/mol. The number of rotatable bonds is 6. The third-order valence-electron chi connectivity index (χ3n) is 3.76. The van der Waals surface area contributed by atoms with E-state index in [1.807, 2.05) is 12.3 Å². The lowest BCUT2D eigenvalue weighted by Crippen LogP contribution is -2.29. The Balaban J connectivity index is 1.81. The van der Waals surface area contributed by atoms with Gasteiger partial charge in [0, 0.05) is 43.6 Å². The van der Waals surface area contributed by atoms with E-state index in [1.54, 1.807) is 0 Å². The molecule has 1 atom stereocenters. The SMILES string of the molecule is CCNc1cc(NCC2CCN(C(C)C)C2)ccn1. The molecule has 0 saturated carbocycles. The number of likely N-dealkylation sites (tertiary alicyclic amines) is 1. The zero-order valence-electron chi connectivity index (χ0n) is 12.3. The van der Waals surface area contributed by atoms with E-state index in [1.165, 1.54) is 19.5 Å². The maximum atomic E-state index is 4.28. The Bertz CT molecular complexity index is 391. The van der Waals surface area contributed by atoms with Crippen LogP contribution in [-0.2, 0) is 0 Å². The molecule has 4 heteroatoms. The van der Waals surface area contributed by atoms with Crippen LogP contribution in [0.25, 0.3) is 0 Å². The molecule has 0 aliphatic carbocycles. The average molecular weight is 262 g/mol. The topological polar surface area (TPSA) is 40.2 Å². The third-order valence-corrected chi connectivity index (χ3v) is 3.76. The van der Waals surface area contributed by atoms with E-state index < -0.39 is 0 Å². The van der Waals surface area contributed by atoms with Gasteiger partial charge in [0.2, 0.25) is 0 Å². The van der Waals surface area contributed by atoms with Crippen LogP contribution in [-0.4, -0.2) is 42.1 Å². The smallest absolute Gasteiger partial charge is 0.127 e. The molecule has 1 aliphatic heterocycles. The standard InChI is InChI=1S/C15H26N4/c1-4-16-15-9-14(5-7-17-15)18-10-13-6-8-19(11-13)12(2)3/h5,7,9,12-13H,4,6,8,10-11H2,1-3H3,(H2,16,17,18). The summed E-state index contributed by atoms with van der Waals surface area (Å²) < 4.78 is 0. The minimum Gasteiger partial charge on any atom is -0.385 e. The molecule has 2 rings (SSSR count).